The van der Waals surface area contributed by atoms with E-state index in [1.807, 2.05) is 6.07 Å². The molecule has 1 aromatic rings. The third-order valence-electron chi connectivity index (χ3n) is 3.72. The molecular formula is C14H16BrNO2. The first-order valence-electron chi connectivity index (χ1n) is 6.38. The molecule has 0 bridgehead atoms. The van der Waals surface area contributed by atoms with Crippen LogP contribution >= 0.6 is 15.9 Å². The van der Waals surface area contributed by atoms with Crippen LogP contribution < -0.4 is 5.32 Å². The second-order valence-corrected chi connectivity index (χ2v) is 5.98. The molecule has 4 heteroatoms. The van der Waals surface area contributed by atoms with Crippen LogP contribution in [0.15, 0.2) is 18.2 Å². The van der Waals surface area contributed by atoms with E-state index in [2.05, 4.69) is 33.4 Å². The summed E-state index contributed by atoms with van der Waals surface area (Å²) < 4.78 is 5.44. The summed E-state index contributed by atoms with van der Waals surface area (Å²) in [6.45, 7) is 1.71. The molecule has 0 saturated carbocycles. The average Bonchev–Trinajstić information content (AvgIpc) is 2.91. The highest BCUT2D eigenvalue weighted by molar-refractivity contribution is 9.09. The van der Waals surface area contributed by atoms with Crippen molar-refractivity contribution in [1.29, 1.82) is 0 Å². The van der Waals surface area contributed by atoms with Crippen LogP contribution in [-0.2, 0) is 16.0 Å². The first-order valence-corrected chi connectivity index (χ1v) is 7.30. The number of benzene rings is 1. The third-order valence-corrected chi connectivity index (χ3v) is 5.00. The number of hydrogen-bond donors (Lipinski definition) is 1. The van der Waals surface area contributed by atoms with Gasteiger partial charge in [0.25, 0.3) is 0 Å². The molecule has 3 nitrogen and oxygen atoms in total. The van der Waals surface area contributed by atoms with E-state index < -0.39 is 0 Å². The summed E-state index contributed by atoms with van der Waals surface area (Å²) >= 11 is 3.79. The Morgan fingerprint density at radius 3 is 3.06 bits per heavy atom. The molecule has 0 radical (unpaired) electrons. The maximum atomic E-state index is 11.3. The van der Waals surface area contributed by atoms with Crippen LogP contribution in [0.3, 0.4) is 0 Å². The highest BCUT2D eigenvalue weighted by Gasteiger charge is 2.26. The van der Waals surface area contributed by atoms with E-state index in [1.165, 1.54) is 11.1 Å². The molecule has 3 rings (SSSR count). The quantitative estimate of drug-likeness (QED) is 0.853. The molecule has 96 valence electrons. The molecule has 2 aliphatic rings. The fraction of sp³-hybridized carbons (Fsp3) is 0.500. The third kappa shape index (κ3) is 2.31. The normalized spacial score (nSPS) is 24.5. The Morgan fingerprint density at radius 1 is 1.39 bits per heavy atom. The van der Waals surface area contributed by atoms with Gasteiger partial charge in [0.15, 0.2) is 0 Å². The zero-order chi connectivity index (χ0) is 12.5. The summed E-state index contributed by atoms with van der Waals surface area (Å²) in [5.41, 5.74) is 3.51. The Hall–Kier alpha value is -0.870. The molecule has 1 saturated heterocycles. The van der Waals surface area contributed by atoms with Crippen LogP contribution in [-0.4, -0.2) is 19.1 Å². The Morgan fingerprint density at radius 2 is 2.28 bits per heavy atom. The van der Waals surface area contributed by atoms with Gasteiger partial charge in [-0.3, -0.25) is 4.79 Å². The molecule has 1 aromatic carbocycles. The minimum atomic E-state index is 0.120. The lowest BCUT2D eigenvalue weighted by Gasteiger charge is -2.21. The maximum Gasteiger partial charge on any atom is 0.224 e. The van der Waals surface area contributed by atoms with Gasteiger partial charge in [0, 0.05) is 29.5 Å². The van der Waals surface area contributed by atoms with E-state index in [0.29, 0.717) is 17.2 Å². The molecule has 0 aliphatic carbocycles. The molecule has 0 spiro atoms. The minimum absolute atomic E-state index is 0.120. The topological polar surface area (TPSA) is 38.3 Å². The Labute approximate surface area is 115 Å². The molecule has 2 atom stereocenters. The number of halogens is 1. The van der Waals surface area contributed by atoms with E-state index in [1.54, 1.807) is 0 Å². The number of carbonyl (C=O) groups is 1. The molecule has 1 N–H and O–H groups in total. The smallest absolute Gasteiger partial charge is 0.224 e. The Kier molecular flexibility index (Phi) is 3.39. The average molecular weight is 310 g/mol. The Bertz CT molecular complexity index is 469. The molecule has 18 heavy (non-hydrogen) atoms. The van der Waals surface area contributed by atoms with Crippen molar-refractivity contribution in [3.8, 4) is 0 Å². The molecule has 1 amide bonds. The van der Waals surface area contributed by atoms with Crippen molar-refractivity contribution in [2.75, 3.05) is 18.5 Å². The van der Waals surface area contributed by atoms with Gasteiger partial charge in [0.2, 0.25) is 5.91 Å². The van der Waals surface area contributed by atoms with E-state index in [4.69, 9.17) is 4.74 Å². The van der Waals surface area contributed by atoms with Crippen molar-refractivity contribution in [2.24, 2.45) is 5.92 Å². The van der Waals surface area contributed by atoms with Gasteiger partial charge in [-0.2, -0.15) is 0 Å². The molecule has 2 aliphatic heterocycles. The summed E-state index contributed by atoms with van der Waals surface area (Å²) in [5, 5.41) is 2.92. The van der Waals surface area contributed by atoms with Crippen molar-refractivity contribution in [2.45, 2.75) is 24.1 Å². The van der Waals surface area contributed by atoms with E-state index in [-0.39, 0.29) is 5.91 Å². The fourth-order valence-electron chi connectivity index (χ4n) is 2.63. The van der Waals surface area contributed by atoms with Crippen LogP contribution in [0.2, 0.25) is 0 Å². The molecule has 2 unspecified atom stereocenters. The highest BCUT2D eigenvalue weighted by Crippen LogP contribution is 2.37. The lowest BCUT2D eigenvalue weighted by atomic mass is 9.94. The van der Waals surface area contributed by atoms with Gasteiger partial charge in [-0.1, -0.05) is 28.1 Å². The van der Waals surface area contributed by atoms with Crippen LogP contribution in [0.25, 0.3) is 0 Å². The summed E-state index contributed by atoms with van der Waals surface area (Å²) in [6.07, 6.45) is 2.55. The Balaban J connectivity index is 1.83. The van der Waals surface area contributed by atoms with Gasteiger partial charge in [-0.25, -0.2) is 0 Å². The highest BCUT2D eigenvalue weighted by atomic mass is 79.9. The van der Waals surface area contributed by atoms with Crippen LogP contribution in [0.1, 0.15) is 28.8 Å². The van der Waals surface area contributed by atoms with Crippen molar-refractivity contribution < 1.29 is 9.53 Å². The number of anilines is 1. The second kappa shape index (κ2) is 5.02. The molecule has 1 fully saturated rings. The van der Waals surface area contributed by atoms with Crippen molar-refractivity contribution >= 4 is 27.5 Å². The second-order valence-electron chi connectivity index (χ2n) is 4.99. The zero-order valence-corrected chi connectivity index (χ0v) is 11.7. The molecular weight excluding hydrogens is 294 g/mol. The molecule has 2 heterocycles. The largest absolute Gasteiger partial charge is 0.381 e. The first-order chi connectivity index (χ1) is 8.74. The number of carbonyl (C=O) groups excluding carboxylic acids is 1. The van der Waals surface area contributed by atoms with E-state index in [9.17, 15) is 4.79 Å². The van der Waals surface area contributed by atoms with Crippen LogP contribution in [0.5, 0.6) is 0 Å². The first kappa shape index (κ1) is 12.2. The van der Waals surface area contributed by atoms with Gasteiger partial charge >= 0.3 is 0 Å². The van der Waals surface area contributed by atoms with Gasteiger partial charge in [-0.15, -0.1) is 0 Å². The number of rotatable bonds is 2. The predicted molar refractivity (Wildman–Crippen MR) is 74.0 cm³/mol. The number of alkyl halides is 1. The summed E-state index contributed by atoms with van der Waals surface area (Å²) in [4.78, 5) is 11.7. The number of nitrogens with one attached hydrogen (secondary N) is 1. The van der Waals surface area contributed by atoms with Crippen molar-refractivity contribution in [1.82, 2.24) is 0 Å². The monoisotopic (exact) mass is 309 g/mol. The van der Waals surface area contributed by atoms with E-state index >= 15 is 0 Å². The van der Waals surface area contributed by atoms with Crippen LogP contribution in [0, 0.1) is 5.92 Å². The standard InChI is InChI=1S/C14H16BrNO2/c15-14(11-5-6-18-8-11)10-1-3-12-9(7-10)2-4-13(17)16-12/h1,3,7,11,14H,2,4-6,8H2,(H,16,17). The minimum Gasteiger partial charge on any atom is -0.381 e. The van der Waals surface area contributed by atoms with Crippen molar-refractivity contribution in [3.05, 3.63) is 29.3 Å². The number of hydrogen-bond acceptors (Lipinski definition) is 2. The molecule has 0 aromatic heterocycles. The van der Waals surface area contributed by atoms with Crippen LogP contribution in [0.4, 0.5) is 5.69 Å². The summed E-state index contributed by atoms with van der Waals surface area (Å²) in [5.74, 6) is 0.677. The lowest BCUT2D eigenvalue weighted by Crippen LogP contribution is -2.19. The lowest BCUT2D eigenvalue weighted by molar-refractivity contribution is -0.116. The number of ether oxygens (including phenoxy) is 1. The zero-order valence-electron chi connectivity index (χ0n) is 10.1. The number of fused-ring (bicyclic) bond motifs is 1. The number of amides is 1. The van der Waals surface area contributed by atoms with Crippen molar-refractivity contribution in [3.63, 3.8) is 0 Å². The summed E-state index contributed by atoms with van der Waals surface area (Å²) in [7, 11) is 0. The SMILES string of the molecule is O=C1CCc2cc(C(Br)C3CCOC3)ccc2N1. The van der Waals surface area contributed by atoms with E-state index in [0.717, 1.165) is 31.7 Å². The van der Waals surface area contributed by atoms with Gasteiger partial charge in [0.1, 0.15) is 0 Å². The maximum absolute atomic E-state index is 11.3. The van der Waals surface area contributed by atoms with Gasteiger partial charge in [-0.05, 0) is 30.0 Å². The van der Waals surface area contributed by atoms with Gasteiger partial charge < -0.3 is 10.1 Å². The predicted octanol–water partition coefficient (Wildman–Crippen LogP) is 3.04. The van der Waals surface area contributed by atoms with Gasteiger partial charge in [0.05, 0.1) is 6.61 Å². The fourth-order valence-corrected chi connectivity index (χ4v) is 3.33. The summed E-state index contributed by atoms with van der Waals surface area (Å²) in [6, 6.07) is 6.33. The number of aryl methyl sites for hydroxylation is 1.